The van der Waals surface area contributed by atoms with Crippen LogP contribution in [0.3, 0.4) is 0 Å². The lowest BCUT2D eigenvalue weighted by molar-refractivity contribution is 0.372. The van der Waals surface area contributed by atoms with Gasteiger partial charge in [-0.1, -0.05) is 6.92 Å². The molecule has 15 heavy (non-hydrogen) atoms. The Morgan fingerprint density at radius 3 is 2.80 bits per heavy atom. The van der Waals surface area contributed by atoms with E-state index in [0.717, 1.165) is 30.9 Å². The summed E-state index contributed by atoms with van der Waals surface area (Å²) in [6.45, 7) is 6.30. The highest BCUT2D eigenvalue weighted by Gasteiger charge is 2.37. The molecule has 2 rings (SSSR count). The van der Waals surface area contributed by atoms with Crippen LogP contribution in [0.2, 0.25) is 0 Å². The van der Waals surface area contributed by atoms with Crippen LogP contribution >= 0.6 is 11.3 Å². The minimum absolute atomic E-state index is 0.197. The first-order chi connectivity index (χ1) is 7.05. The summed E-state index contributed by atoms with van der Waals surface area (Å²) >= 11 is 1.77. The van der Waals surface area contributed by atoms with Gasteiger partial charge in [0.1, 0.15) is 5.01 Å². The number of aromatic nitrogens is 1. The van der Waals surface area contributed by atoms with E-state index in [1.807, 2.05) is 0 Å². The number of nitrogens with zero attached hydrogens (tertiary/aromatic N) is 2. The molecular formula is C11H19N3S. The van der Waals surface area contributed by atoms with E-state index < -0.39 is 0 Å². The van der Waals surface area contributed by atoms with Crippen molar-refractivity contribution in [2.45, 2.75) is 32.2 Å². The standard InChI is InChI=1S/C11H19N3S/c1-4-9-8(2)15-10(13-9)11(12)5-6-14(3)7-11/h4-7,12H2,1-3H3. The Labute approximate surface area is 95.3 Å². The first kappa shape index (κ1) is 11.0. The fourth-order valence-corrected chi connectivity index (χ4v) is 3.30. The minimum atomic E-state index is -0.197. The first-order valence-electron chi connectivity index (χ1n) is 5.49. The van der Waals surface area contributed by atoms with Crippen molar-refractivity contribution in [2.24, 2.45) is 5.73 Å². The van der Waals surface area contributed by atoms with Crippen molar-refractivity contribution in [3.63, 3.8) is 0 Å². The van der Waals surface area contributed by atoms with Gasteiger partial charge >= 0.3 is 0 Å². The van der Waals surface area contributed by atoms with Crippen LogP contribution < -0.4 is 5.73 Å². The number of likely N-dealkylation sites (N-methyl/N-ethyl adjacent to an activating group) is 1. The second-order valence-electron chi connectivity index (χ2n) is 4.52. The molecule has 84 valence electrons. The third kappa shape index (κ3) is 1.94. The summed E-state index contributed by atoms with van der Waals surface area (Å²) < 4.78 is 0. The summed E-state index contributed by atoms with van der Waals surface area (Å²) in [4.78, 5) is 8.29. The summed E-state index contributed by atoms with van der Waals surface area (Å²) in [5.74, 6) is 0. The van der Waals surface area contributed by atoms with Gasteiger partial charge in [-0.2, -0.15) is 0 Å². The van der Waals surface area contributed by atoms with Gasteiger partial charge in [0.2, 0.25) is 0 Å². The second-order valence-corrected chi connectivity index (χ2v) is 5.72. The topological polar surface area (TPSA) is 42.1 Å². The molecule has 0 spiro atoms. The smallest absolute Gasteiger partial charge is 0.114 e. The van der Waals surface area contributed by atoms with Crippen LogP contribution in [0.15, 0.2) is 0 Å². The Hall–Kier alpha value is -0.450. The highest BCUT2D eigenvalue weighted by Crippen LogP contribution is 2.32. The van der Waals surface area contributed by atoms with E-state index in [9.17, 15) is 0 Å². The Morgan fingerprint density at radius 2 is 2.33 bits per heavy atom. The van der Waals surface area contributed by atoms with E-state index in [1.54, 1.807) is 11.3 Å². The molecule has 1 aliphatic heterocycles. The fourth-order valence-electron chi connectivity index (χ4n) is 2.17. The summed E-state index contributed by atoms with van der Waals surface area (Å²) in [7, 11) is 2.12. The lowest BCUT2D eigenvalue weighted by Gasteiger charge is -2.20. The number of aryl methyl sites for hydroxylation is 2. The van der Waals surface area contributed by atoms with Gasteiger partial charge in [0.05, 0.1) is 11.2 Å². The van der Waals surface area contributed by atoms with Crippen molar-refractivity contribution < 1.29 is 0 Å². The molecule has 1 saturated heterocycles. The molecule has 1 atom stereocenters. The molecule has 1 fully saturated rings. The van der Waals surface area contributed by atoms with Gasteiger partial charge in [0, 0.05) is 18.0 Å². The van der Waals surface area contributed by atoms with Crippen molar-refractivity contribution in [1.82, 2.24) is 9.88 Å². The molecule has 1 aromatic heterocycles. The molecular weight excluding hydrogens is 206 g/mol. The van der Waals surface area contributed by atoms with E-state index in [0.29, 0.717) is 0 Å². The summed E-state index contributed by atoms with van der Waals surface area (Å²) in [6.07, 6.45) is 2.04. The van der Waals surface area contributed by atoms with Gasteiger partial charge < -0.3 is 10.6 Å². The number of nitrogens with two attached hydrogens (primary N) is 1. The Bertz CT molecular complexity index is 361. The van der Waals surface area contributed by atoms with Crippen LogP contribution in [0.4, 0.5) is 0 Å². The number of hydrogen-bond donors (Lipinski definition) is 1. The van der Waals surface area contributed by atoms with Crippen molar-refractivity contribution in [2.75, 3.05) is 20.1 Å². The predicted octanol–water partition coefficient (Wildman–Crippen LogP) is 1.50. The van der Waals surface area contributed by atoms with Gasteiger partial charge in [0.25, 0.3) is 0 Å². The van der Waals surface area contributed by atoms with Crippen molar-refractivity contribution in [1.29, 1.82) is 0 Å². The lowest BCUT2D eigenvalue weighted by Crippen LogP contribution is -2.39. The maximum absolute atomic E-state index is 6.41. The number of thiazole rings is 1. The molecule has 1 aromatic rings. The molecule has 0 aliphatic carbocycles. The Morgan fingerprint density at radius 1 is 1.60 bits per heavy atom. The minimum Gasteiger partial charge on any atom is -0.318 e. The van der Waals surface area contributed by atoms with Crippen molar-refractivity contribution in [3.8, 4) is 0 Å². The second kappa shape index (κ2) is 3.85. The molecule has 2 N–H and O–H groups in total. The highest BCUT2D eigenvalue weighted by atomic mass is 32.1. The normalized spacial score (nSPS) is 27.5. The van der Waals surface area contributed by atoms with Crippen LogP contribution in [-0.2, 0) is 12.0 Å². The van der Waals surface area contributed by atoms with E-state index >= 15 is 0 Å². The lowest BCUT2D eigenvalue weighted by atomic mass is 10.0. The zero-order valence-corrected chi connectivity index (χ0v) is 10.5. The maximum Gasteiger partial charge on any atom is 0.114 e. The van der Waals surface area contributed by atoms with Crippen LogP contribution in [0.1, 0.15) is 28.9 Å². The first-order valence-corrected chi connectivity index (χ1v) is 6.31. The maximum atomic E-state index is 6.41. The molecule has 0 aromatic carbocycles. The zero-order valence-electron chi connectivity index (χ0n) is 9.71. The average molecular weight is 225 g/mol. The monoisotopic (exact) mass is 225 g/mol. The molecule has 4 heteroatoms. The average Bonchev–Trinajstić information content (AvgIpc) is 2.71. The third-order valence-corrected chi connectivity index (χ3v) is 4.38. The zero-order chi connectivity index (χ0) is 11.1. The van der Waals surface area contributed by atoms with Crippen LogP contribution in [0.5, 0.6) is 0 Å². The largest absolute Gasteiger partial charge is 0.318 e. The molecule has 0 amide bonds. The number of likely N-dealkylation sites (tertiary alicyclic amines) is 1. The quantitative estimate of drug-likeness (QED) is 0.829. The molecule has 2 heterocycles. The Balaban J connectivity index is 2.29. The molecule has 0 radical (unpaired) electrons. The molecule has 0 bridgehead atoms. The van der Waals surface area contributed by atoms with E-state index in [1.165, 1.54) is 10.6 Å². The summed E-state index contributed by atoms with van der Waals surface area (Å²) in [5.41, 5.74) is 7.43. The third-order valence-electron chi connectivity index (χ3n) is 3.15. The molecule has 1 aliphatic rings. The van der Waals surface area contributed by atoms with Crippen molar-refractivity contribution >= 4 is 11.3 Å². The molecule has 1 unspecified atom stereocenters. The van der Waals surface area contributed by atoms with Crippen molar-refractivity contribution in [3.05, 3.63) is 15.6 Å². The van der Waals surface area contributed by atoms with Crippen LogP contribution in [0.25, 0.3) is 0 Å². The van der Waals surface area contributed by atoms with Gasteiger partial charge in [0.15, 0.2) is 0 Å². The van der Waals surface area contributed by atoms with Crippen LogP contribution in [0, 0.1) is 6.92 Å². The van der Waals surface area contributed by atoms with E-state index in [2.05, 4.69) is 30.8 Å². The summed E-state index contributed by atoms with van der Waals surface area (Å²) in [6, 6.07) is 0. The van der Waals surface area contributed by atoms with E-state index in [-0.39, 0.29) is 5.54 Å². The fraction of sp³-hybridized carbons (Fsp3) is 0.727. The van der Waals surface area contributed by atoms with Crippen LogP contribution in [-0.4, -0.2) is 30.0 Å². The van der Waals surface area contributed by atoms with E-state index in [4.69, 9.17) is 5.73 Å². The van der Waals surface area contributed by atoms with Gasteiger partial charge in [-0.15, -0.1) is 11.3 Å². The number of rotatable bonds is 2. The molecule has 3 nitrogen and oxygen atoms in total. The highest BCUT2D eigenvalue weighted by molar-refractivity contribution is 7.11. The summed E-state index contributed by atoms with van der Waals surface area (Å²) in [5, 5.41) is 1.13. The number of hydrogen-bond acceptors (Lipinski definition) is 4. The SMILES string of the molecule is CCc1nc(C2(N)CCN(C)C2)sc1C. The Kier molecular flexibility index (Phi) is 2.83. The predicted molar refractivity (Wildman–Crippen MR) is 64.2 cm³/mol. The van der Waals surface area contributed by atoms with Gasteiger partial charge in [-0.25, -0.2) is 4.98 Å². The molecule has 0 saturated carbocycles. The van der Waals surface area contributed by atoms with Gasteiger partial charge in [-0.05, 0) is 26.8 Å². The van der Waals surface area contributed by atoms with Gasteiger partial charge in [-0.3, -0.25) is 0 Å².